The fraction of sp³-hybridized carbons (Fsp3) is 0.562. The Kier molecular flexibility index (Phi) is 4.77. The molecule has 124 valence electrons. The van der Waals surface area contributed by atoms with Crippen LogP contribution in [0.4, 0.5) is 0 Å². The summed E-state index contributed by atoms with van der Waals surface area (Å²) in [6.07, 6.45) is 0. The van der Waals surface area contributed by atoms with E-state index in [0.29, 0.717) is 11.8 Å². The highest BCUT2D eigenvalue weighted by atomic mass is 32.1. The lowest BCUT2D eigenvalue weighted by molar-refractivity contribution is -0.136. The molecule has 0 aromatic carbocycles. The highest BCUT2D eigenvalue weighted by Gasteiger charge is 2.28. The van der Waals surface area contributed by atoms with E-state index in [1.807, 2.05) is 36.3 Å². The van der Waals surface area contributed by atoms with Gasteiger partial charge < -0.3 is 9.32 Å². The molecular weight excluding hydrogens is 312 g/mol. The van der Waals surface area contributed by atoms with Gasteiger partial charge in [-0.25, -0.2) is 0 Å². The van der Waals surface area contributed by atoms with Gasteiger partial charge in [0.2, 0.25) is 11.8 Å². The van der Waals surface area contributed by atoms with Crippen LogP contribution in [0, 0.1) is 5.92 Å². The summed E-state index contributed by atoms with van der Waals surface area (Å²) in [6, 6.07) is 4.01. The summed E-state index contributed by atoms with van der Waals surface area (Å²) in [5.41, 5.74) is 0. The van der Waals surface area contributed by atoms with Gasteiger partial charge in [0, 0.05) is 32.1 Å². The predicted molar refractivity (Wildman–Crippen MR) is 89.0 cm³/mol. The lowest BCUT2D eigenvalue weighted by Gasteiger charge is -2.37. The summed E-state index contributed by atoms with van der Waals surface area (Å²) in [7, 11) is 0. The van der Waals surface area contributed by atoms with Crippen LogP contribution in [0.15, 0.2) is 21.9 Å². The standard InChI is InChI=1S/C16H22N4O2S/c1-11(2)16(21)20-8-6-19(7-9-20)12(3)14-17-18-15(22-14)13-5-4-10-23-13/h4-5,10-12H,6-9H2,1-3H3/t12-/m0/s1. The molecule has 2 aromatic heterocycles. The molecule has 23 heavy (non-hydrogen) atoms. The Labute approximate surface area is 140 Å². The molecule has 1 fully saturated rings. The second-order valence-electron chi connectivity index (χ2n) is 6.11. The molecule has 1 aliphatic heterocycles. The number of aromatic nitrogens is 2. The summed E-state index contributed by atoms with van der Waals surface area (Å²) >= 11 is 1.59. The molecule has 0 bridgehead atoms. The van der Waals surface area contributed by atoms with Gasteiger partial charge in [-0.1, -0.05) is 19.9 Å². The van der Waals surface area contributed by atoms with Crippen LogP contribution in [0.1, 0.15) is 32.7 Å². The van der Waals surface area contributed by atoms with Crippen LogP contribution in [-0.4, -0.2) is 52.1 Å². The van der Waals surface area contributed by atoms with Crippen molar-refractivity contribution in [2.24, 2.45) is 5.92 Å². The van der Waals surface area contributed by atoms with Crippen LogP contribution in [-0.2, 0) is 4.79 Å². The van der Waals surface area contributed by atoms with Crippen molar-refractivity contribution in [3.63, 3.8) is 0 Å². The van der Waals surface area contributed by atoms with Crippen molar-refractivity contribution in [2.45, 2.75) is 26.8 Å². The number of thiophene rings is 1. The number of nitrogens with zero attached hydrogens (tertiary/aromatic N) is 4. The largest absolute Gasteiger partial charge is 0.418 e. The second kappa shape index (κ2) is 6.80. The average molecular weight is 334 g/mol. The van der Waals surface area contributed by atoms with Crippen LogP contribution in [0.2, 0.25) is 0 Å². The zero-order valence-corrected chi connectivity index (χ0v) is 14.5. The molecule has 3 rings (SSSR count). The van der Waals surface area contributed by atoms with Crippen LogP contribution >= 0.6 is 11.3 Å². The minimum absolute atomic E-state index is 0.0586. The fourth-order valence-electron chi connectivity index (χ4n) is 2.75. The highest BCUT2D eigenvalue weighted by molar-refractivity contribution is 7.13. The van der Waals surface area contributed by atoms with E-state index >= 15 is 0 Å². The van der Waals surface area contributed by atoms with Gasteiger partial charge in [0.15, 0.2) is 0 Å². The molecular formula is C16H22N4O2S. The number of amides is 1. The number of carbonyl (C=O) groups excluding carboxylic acids is 1. The van der Waals surface area contributed by atoms with Crippen molar-refractivity contribution in [3.05, 3.63) is 23.4 Å². The van der Waals surface area contributed by atoms with Crippen molar-refractivity contribution < 1.29 is 9.21 Å². The van der Waals surface area contributed by atoms with Crippen molar-refractivity contribution in [2.75, 3.05) is 26.2 Å². The summed E-state index contributed by atoms with van der Waals surface area (Å²) in [4.78, 5) is 17.3. The quantitative estimate of drug-likeness (QED) is 0.860. The molecule has 0 spiro atoms. The van der Waals surface area contributed by atoms with Crippen molar-refractivity contribution in [1.82, 2.24) is 20.0 Å². The smallest absolute Gasteiger partial charge is 0.257 e. The maximum absolute atomic E-state index is 12.0. The topological polar surface area (TPSA) is 62.5 Å². The first-order chi connectivity index (χ1) is 11.1. The van der Waals surface area contributed by atoms with E-state index < -0.39 is 0 Å². The fourth-order valence-corrected chi connectivity index (χ4v) is 3.40. The Bertz CT molecular complexity index is 645. The maximum atomic E-state index is 12.0. The molecule has 0 N–H and O–H groups in total. The number of hydrogen-bond donors (Lipinski definition) is 0. The maximum Gasteiger partial charge on any atom is 0.257 e. The van der Waals surface area contributed by atoms with Crippen molar-refractivity contribution in [1.29, 1.82) is 0 Å². The summed E-state index contributed by atoms with van der Waals surface area (Å²) < 4.78 is 5.82. The Morgan fingerprint density at radius 2 is 1.96 bits per heavy atom. The Hall–Kier alpha value is -1.73. The number of carbonyl (C=O) groups is 1. The van der Waals surface area contributed by atoms with Gasteiger partial charge >= 0.3 is 0 Å². The molecule has 1 atom stereocenters. The monoisotopic (exact) mass is 334 g/mol. The molecule has 1 amide bonds. The molecule has 1 aliphatic rings. The van der Waals surface area contributed by atoms with E-state index in [2.05, 4.69) is 22.0 Å². The zero-order chi connectivity index (χ0) is 16.4. The molecule has 6 nitrogen and oxygen atoms in total. The summed E-state index contributed by atoms with van der Waals surface area (Å²) in [5, 5.41) is 10.3. The van der Waals surface area contributed by atoms with E-state index in [1.54, 1.807) is 11.3 Å². The van der Waals surface area contributed by atoms with Crippen LogP contribution < -0.4 is 0 Å². The van der Waals surface area contributed by atoms with Gasteiger partial charge in [-0.15, -0.1) is 21.5 Å². The third kappa shape index (κ3) is 3.45. The minimum Gasteiger partial charge on any atom is -0.418 e. The normalized spacial score (nSPS) is 17.7. The van der Waals surface area contributed by atoms with Gasteiger partial charge in [-0.2, -0.15) is 0 Å². The molecule has 3 heterocycles. The molecule has 0 unspecified atom stereocenters. The van der Waals surface area contributed by atoms with E-state index in [9.17, 15) is 4.79 Å². The first kappa shape index (κ1) is 16.1. The summed E-state index contributed by atoms with van der Waals surface area (Å²) in [5.74, 6) is 1.51. The van der Waals surface area contributed by atoms with Crippen LogP contribution in [0.3, 0.4) is 0 Å². The van der Waals surface area contributed by atoms with Crippen molar-refractivity contribution >= 4 is 17.2 Å². The lowest BCUT2D eigenvalue weighted by atomic mass is 10.1. The average Bonchev–Trinajstić information content (AvgIpc) is 3.24. The lowest BCUT2D eigenvalue weighted by Crippen LogP contribution is -2.50. The minimum atomic E-state index is 0.0586. The predicted octanol–water partition coefficient (Wildman–Crippen LogP) is 2.66. The van der Waals surface area contributed by atoms with E-state index in [0.717, 1.165) is 31.1 Å². The summed E-state index contributed by atoms with van der Waals surface area (Å²) in [6.45, 7) is 9.14. The van der Waals surface area contributed by atoms with Gasteiger partial charge in [0.05, 0.1) is 10.9 Å². The van der Waals surface area contributed by atoms with Gasteiger partial charge in [0.1, 0.15) is 0 Å². The molecule has 0 radical (unpaired) electrons. The number of hydrogen-bond acceptors (Lipinski definition) is 6. The van der Waals surface area contributed by atoms with Crippen molar-refractivity contribution in [3.8, 4) is 10.8 Å². The third-order valence-corrected chi connectivity index (χ3v) is 5.06. The SMILES string of the molecule is CC(C)C(=O)N1CCN([C@@H](C)c2nnc(-c3cccs3)o2)CC1. The molecule has 0 aliphatic carbocycles. The third-order valence-electron chi connectivity index (χ3n) is 4.20. The molecule has 1 saturated heterocycles. The Balaban J connectivity index is 1.61. The molecule has 7 heteroatoms. The second-order valence-corrected chi connectivity index (χ2v) is 7.06. The van der Waals surface area contributed by atoms with E-state index in [-0.39, 0.29) is 17.9 Å². The Morgan fingerprint density at radius 3 is 2.57 bits per heavy atom. The van der Waals surface area contributed by atoms with Crippen LogP contribution in [0.25, 0.3) is 10.8 Å². The highest BCUT2D eigenvalue weighted by Crippen LogP contribution is 2.27. The Morgan fingerprint density at radius 1 is 1.22 bits per heavy atom. The number of piperazine rings is 1. The van der Waals surface area contributed by atoms with Gasteiger partial charge in [0.25, 0.3) is 5.89 Å². The zero-order valence-electron chi connectivity index (χ0n) is 13.7. The van der Waals surface area contributed by atoms with Gasteiger partial charge in [-0.3, -0.25) is 9.69 Å². The molecule has 2 aromatic rings. The van der Waals surface area contributed by atoms with E-state index in [1.165, 1.54) is 0 Å². The van der Waals surface area contributed by atoms with E-state index in [4.69, 9.17) is 4.42 Å². The first-order valence-corrected chi connectivity index (χ1v) is 8.84. The number of rotatable bonds is 4. The van der Waals surface area contributed by atoms with Crippen LogP contribution in [0.5, 0.6) is 0 Å². The van der Waals surface area contributed by atoms with Gasteiger partial charge in [-0.05, 0) is 18.4 Å². The first-order valence-electron chi connectivity index (χ1n) is 7.96. The molecule has 0 saturated carbocycles.